The van der Waals surface area contributed by atoms with Crippen molar-refractivity contribution in [3.05, 3.63) is 83.6 Å². The molecule has 30 heavy (non-hydrogen) atoms. The molecule has 0 saturated carbocycles. The van der Waals surface area contributed by atoms with Crippen LogP contribution in [0.5, 0.6) is 0 Å². The Bertz CT molecular complexity index is 1040. The maximum absolute atomic E-state index is 13.4. The van der Waals surface area contributed by atoms with E-state index in [1.807, 2.05) is 0 Å². The number of furan rings is 1. The van der Waals surface area contributed by atoms with Gasteiger partial charge in [0, 0.05) is 17.9 Å². The molecule has 156 valence electrons. The molecule has 0 fully saturated rings. The van der Waals surface area contributed by atoms with E-state index < -0.39 is 23.5 Å². The highest BCUT2D eigenvalue weighted by atomic mass is 32.1. The molecule has 0 aliphatic heterocycles. The van der Waals surface area contributed by atoms with E-state index in [2.05, 4.69) is 16.0 Å². The minimum absolute atomic E-state index is 0.0933. The maximum Gasteiger partial charge on any atom is 0.416 e. The Morgan fingerprint density at radius 3 is 2.27 bits per heavy atom. The van der Waals surface area contributed by atoms with E-state index in [0.29, 0.717) is 17.4 Å². The first-order valence-corrected chi connectivity index (χ1v) is 8.98. The standard InChI is InChI=1S/C20H15F4N3O2S/c21-14-9-12(8-13(10-14)20(22,23)24)11-25-19(30)27-16-5-3-15(4-6-16)26-18(28)17-2-1-7-29-17/h1-10H,11H2,(H,26,28)(H2,25,27,30). The number of hydrogen-bond donors (Lipinski definition) is 3. The summed E-state index contributed by atoms with van der Waals surface area (Å²) in [7, 11) is 0. The summed E-state index contributed by atoms with van der Waals surface area (Å²) >= 11 is 5.11. The highest BCUT2D eigenvalue weighted by Gasteiger charge is 2.31. The van der Waals surface area contributed by atoms with E-state index in [0.717, 1.165) is 12.1 Å². The van der Waals surface area contributed by atoms with Crippen LogP contribution >= 0.6 is 12.2 Å². The van der Waals surface area contributed by atoms with Crippen LogP contribution in [0.4, 0.5) is 28.9 Å². The summed E-state index contributed by atoms with van der Waals surface area (Å²) in [6.45, 7) is -0.0933. The van der Waals surface area contributed by atoms with Gasteiger partial charge in [-0.1, -0.05) is 0 Å². The zero-order valence-corrected chi connectivity index (χ0v) is 16.0. The molecule has 3 N–H and O–H groups in total. The summed E-state index contributed by atoms with van der Waals surface area (Å²) in [5.74, 6) is -1.20. The van der Waals surface area contributed by atoms with Crippen molar-refractivity contribution in [1.29, 1.82) is 0 Å². The average molecular weight is 437 g/mol. The van der Waals surface area contributed by atoms with Crippen LogP contribution in [0.25, 0.3) is 0 Å². The number of nitrogens with one attached hydrogen (secondary N) is 3. The van der Waals surface area contributed by atoms with Crippen LogP contribution in [-0.4, -0.2) is 11.0 Å². The lowest BCUT2D eigenvalue weighted by atomic mass is 10.1. The molecule has 0 bridgehead atoms. The zero-order chi connectivity index (χ0) is 21.7. The Hall–Kier alpha value is -3.40. The van der Waals surface area contributed by atoms with Gasteiger partial charge in [-0.15, -0.1) is 0 Å². The van der Waals surface area contributed by atoms with Crippen molar-refractivity contribution in [2.75, 3.05) is 10.6 Å². The summed E-state index contributed by atoms with van der Waals surface area (Å²) in [6, 6.07) is 12.0. The van der Waals surface area contributed by atoms with Crippen molar-refractivity contribution in [3.8, 4) is 0 Å². The predicted octanol–water partition coefficient (Wildman–Crippen LogP) is 5.18. The fourth-order valence-electron chi connectivity index (χ4n) is 2.51. The highest BCUT2D eigenvalue weighted by Crippen LogP contribution is 2.30. The number of amides is 1. The molecule has 0 spiro atoms. The molecule has 10 heteroatoms. The van der Waals surface area contributed by atoms with Crippen molar-refractivity contribution in [2.45, 2.75) is 12.7 Å². The van der Waals surface area contributed by atoms with Crippen LogP contribution in [0.1, 0.15) is 21.7 Å². The van der Waals surface area contributed by atoms with Gasteiger partial charge in [0.25, 0.3) is 5.91 Å². The van der Waals surface area contributed by atoms with Gasteiger partial charge < -0.3 is 20.4 Å². The van der Waals surface area contributed by atoms with Crippen molar-refractivity contribution in [3.63, 3.8) is 0 Å². The third kappa shape index (κ3) is 5.80. The van der Waals surface area contributed by atoms with Crippen LogP contribution in [0.15, 0.2) is 65.3 Å². The summed E-state index contributed by atoms with van der Waals surface area (Å²) in [4.78, 5) is 11.9. The lowest BCUT2D eigenvalue weighted by Gasteiger charge is -2.13. The van der Waals surface area contributed by atoms with E-state index in [-0.39, 0.29) is 23.0 Å². The van der Waals surface area contributed by atoms with Gasteiger partial charge in [-0.05, 0) is 72.4 Å². The van der Waals surface area contributed by atoms with Gasteiger partial charge in [0.05, 0.1) is 11.8 Å². The first-order chi connectivity index (χ1) is 14.2. The molecule has 1 amide bonds. The molecule has 5 nitrogen and oxygen atoms in total. The Morgan fingerprint density at radius 1 is 1.00 bits per heavy atom. The molecule has 0 saturated heterocycles. The first kappa shape index (κ1) is 21.3. The maximum atomic E-state index is 13.4. The summed E-state index contributed by atoms with van der Waals surface area (Å²) < 4.78 is 56.7. The van der Waals surface area contributed by atoms with Crippen molar-refractivity contribution in [1.82, 2.24) is 5.32 Å². The summed E-state index contributed by atoms with van der Waals surface area (Å²) in [6.07, 6.45) is -3.24. The smallest absolute Gasteiger partial charge is 0.416 e. The van der Waals surface area contributed by atoms with Crippen LogP contribution in [-0.2, 0) is 12.7 Å². The molecular weight excluding hydrogens is 422 g/mol. The Kier molecular flexibility index (Phi) is 6.36. The molecule has 0 atom stereocenters. The lowest BCUT2D eigenvalue weighted by molar-refractivity contribution is -0.137. The van der Waals surface area contributed by atoms with E-state index in [1.54, 1.807) is 30.3 Å². The fraction of sp³-hybridized carbons (Fsp3) is 0.100. The monoisotopic (exact) mass is 437 g/mol. The molecule has 1 heterocycles. The van der Waals surface area contributed by atoms with Crippen LogP contribution in [0.2, 0.25) is 0 Å². The van der Waals surface area contributed by atoms with Gasteiger partial charge in [0.1, 0.15) is 5.82 Å². The lowest BCUT2D eigenvalue weighted by Crippen LogP contribution is -2.28. The Balaban J connectivity index is 1.54. The topological polar surface area (TPSA) is 66.3 Å². The van der Waals surface area contributed by atoms with Gasteiger partial charge in [-0.3, -0.25) is 4.79 Å². The van der Waals surface area contributed by atoms with Gasteiger partial charge in [-0.25, -0.2) is 4.39 Å². The van der Waals surface area contributed by atoms with Crippen LogP contribution in [0, 0.1) is 5.82 Å². The molecule has 0 aliphatic carbocycles. The third-order valence-corrected chi connectivity index (χ3v) is 4.13. The van der Waals surface area contributed by atoms with E-state index in [4.69, 9.17) is 16.6 Å². The van der Waals surface area contributed by atoms with E-state index >= 15 is 0 Å². The molecule has 0 unspecified atom stereocenters. The SMILES string of the molecule is O=C(Nc1ccc(NC(=S)NCc2cc(F)cc(C(F)(F)F)c2)cc1)c1ccco1. The zero-order valence-electron chi connectivity index (χ0n) is 15.2. The van der Waals surface area contributed by atoms with Crippen LogP contribution in [0.3, 0.4) is 0 Å². The molecule has 2 aromatic carbocycles. The Labute approximate surface area is 174 Å². The minimum Gasteiger partial charge on any atom is -0.459 e. The van der Waals surface area contributed by atoms with Gasteiger partial charge in [0.15, 0.2) is 10.9 Å². The second kappa shape index (κ2) is 8.95. The van der Waals surface area contributed by atoms with E-state index in [1.165, 1.54) is 12.3 Å². The number of thiocarbonyl (C=S) groups is 1. The number of hydrogen-bond acceptors (Lipinski definition) is 3. The first-order valence-electron chi connectivity index (χ1n) is 8.57. The normalized spacial score (nSPS) is 11.1. The number of carbonyl (C=O) groups excluding carboxylic acids is 1. The number of rotatable bonds is 5. The fourth-order valence-corrected chi connectivity index (χ4v) is 2.70. The molecule has 0 aliphatic rings. The highest BCUT2D eigenvalue weighted by molar-refractivity contribution is 7.80. The molecule has 1 aromatic heterocycles. The summed E-state index contributed by atoms with van der Waals surface area (Å²) in [5, 5.41) is 8.37. The van der Waals surface area contributed by atoms with Gasteiger partial charge in [0.2, 0.25) is 0 Å². The number of alkyl halides is 3. The van der Waals surface area contributed by atoms with Crippen molar-refractivity contribution >= 4 is 34.6 Å². The van der Waals surface area contributed by atoms with Gasteiger partial charge in [-0.2, -0.15) is 13.2 Å². The molecule has 3 rings (SSSR count). The molecular formula is C20H15F4N3O2S. The second-order valence-corrected chi connectivity index (χ2v) is 6.57. The second-order valence-electron chi connectivity index (χ2n) is 6.16. The molecule has 0 radical (unpaired) electrons. The van der Waals surface area contributed by atoms with Crippen molar-refractivity contribution < 1.29 is 26.8 Å². The van der Waals surface area contributed by atoms with Gasteiger partial charge >= 0.3 is 6.18 Å². The third-order valence-electron chi connectivity index (χ3n) is 3.88. The van der Waals surface area contributed by atoms with Crippen molar-refractivity contribution in [2.24, 2.45) is 0 Å². The van der Waals surface area contributed by atoms with E-state index in [9.17, 15) is 22.4 Å². The quantitative estimate of drug-likeness (QED) is 0.379. The number of anilines is 2. The number of benzene rings is 2. The number of halogens is 4. The summed E-state index contributed by atoms with van der Waals surface area (Å²) in [5.41, 5.74) is 0.145. The molecule has 3 aromatic rings. The predicted molar refractivity (Wildman–Crippen MR) is 108 cm³/mol. The average Bonchev–Trinajstić information content (AvgIpc) is 3.22. The number of carbonyl (C=O) groups is 1. The largest absolute Gasteiger partial charge is 0.459 e. The minimum atomic E-state index is -4.64. The Morgan fingerprint density at radius 2 is 1.67 bits per heavy atom. The van der Waals surface area contributed by atoms with Crippen LogP contribution < -0.4 is 16.0 Å².